The topological polar surface area (TPSA) is 55.8 Å². The summed E-state index contributed by atoms with van der Waals surface area (Å²) in [5, 5.41) is 8.85. The number of rotatable bonds is 3. The summed E-state index contributed by atoms with van der Waals surface area (Å²) in [4.78, 5) is 10.8. The van der Waals surface area contributed by atoms with Crippen molar-refractivity contribution in [1.82, 2.24) is 0 Å². The molecule has 0 spiro atoms. The van der Waals surface area contributed by atoms with E-state index in [-0.39, 0.29) is 11.7 Å². The SMILES string of the molecule is O=C(O)c1ccc(OC2CCOC2)cc1Br. The van der Waals surface area contributed by atoms with Crippen molar-refractivity contribution in [3.8, 4) is 5.75 Å². The zero-order chi connectivity index (χ0) is 11.5. The van der Waals surface area contributed by atoms with E-state index >= 15 is 0 Å². The highest BCUT2D eigenvalue weighted by Crippen LogP contribution is 2.25. The molecule has 0 aliphatic carbocycles. The second kappa shape index (κ2) is 4.84. The fraction of sp³-hybridized carbons (Fsp3) is 0.364. The van der Waals surface area contributed by atoms with Gasteiger partial charge in [-0.05, 0) is 34.1 Å². The van der Waals surface area contributed by atoms with Crippen LogP contribution in [0.25, 0.3) is 0 Å². The van der Waals surface area contributed by atoms with Crippen molar-refractivity contribution in [1.29, 1.82) is 0 Å². The Morgan fingerprint density at radius 1 is 1.56 bits per heavy atom. The molecule has 1 N–H and O–H groups in total. The van der Waals surface area contributed by atoms with Gasteiger partial charge in [-0.3, -0.25) is 0 Å². The third-order valence-electron chi connectivity index (χ3n) is 2.36. The molecule has 1 heterocycles. The summed E-state index contributed by atoms with van der Waals surface area (Å²) in [5.74, 6) is -0.296. The van der Waals surface area contributed by atoms with E-state index < -0.39 is 5.97 Å². The molecule has 86 valence electrons. The minimum absolute atomic E-state index is 0.0718. The summed E-state index contributed by atoms with van der Waals surface area (Å²) in [6.45, 7) is 1.32. The number of carbonyl (C=O) groups is 1. The van der Waals surface area contributed by atoms with Gasteiger partial charge >= 0.3 is 5.97 Å². The van der Waals surface area contributed by atoms with Gasteiger partial charge in [0, 0.05) is 10.9 Å². The monoisotopic (exact) mass is 286 g/mol. The standard InChI is InChI=1S/C11H11BrO4/c12-10-5-7(1-2-9(10)11(13)14)16-8-3-4-15-6-8/h1-2,5,8H,3-4,6H2,(H,13,14). The molecule has 1 aromatic carbocycles. The molecule has 1 unspecified atom stereocenters. The molecule has 1 atom stereocenters. The van der Waals surface area contributed by atoms with Crippen LogP contribution in [-0.2, 0) is 4.74 Å². The molecule has 5 heteroatoms. The van der Waals surface area contributed by atoms with E-state index in [0.717, 1.165) is 13.0 Å². The van der Waals surface area contributed by atoms with Crippen molar-refractivity contribution in [3.63, 3.8) is 0 Å². The van der Waals surface area contributed by atoms with Crippen LogP contribution in [0, 0.1) is 0 Å². The Morgan fingerprint density at radius 2 is 2.38 bits per heavy atom. The molecule has 1 fully saturated rings. The van der Waals surface area contributed by atoms with Crippen molar-refractivity contribution in [2.45, 2.75) is 12.5 Å². The van der Waals surface area contributed by atoms with Gasteiger partial charge < -0.3 is 14.6 Å². The van der Waals surface area contributed by atoms with Gasteiger partial charge in [-0.15, -0.1) is 0 Å². The molecule has 16 heavy (non-hydrogen) atoms. The summed E-state index contributed by atoms with van der Waals surface area (Å²) in [5.41, 5.74) is 0.232. The fourth-order valence-corrected chi connectivity index (χ4v) is 2.07. The molecular weight excluding hydrogens is 276 g/mol. The van der Waals surface area contributed by atoms with E-state index in [1.807, 2.05) is 0 Å². The van der Waals surface area contributed by atoms with Crippen molar-refractivity contribution in [2.75, 3.05) is 13.2 Å². The highest BCUT2D eigenvalue weighted by molar-refractivity contribution is 9.10. The molecule has 2 rings (SSSR count). The smallest absolute Gasteiger partial charge is 0.336 e. The third kappa shape index (κ3) is 2.54. The van der Waals surface area contributed by atoms with Gasteiger partial charge in [0.15, 0.2) is 0 Å². The molecule has 0 saturated carbocycles. The zero-order valence-corrected chi connectivity index (χ0v) is 10.1. The Balaban J connectivity index is 2.11. The van der Waals surface area contributed by atoms with Gasteiger partial charge in [0.1, 0.15) is 11.9 Å². The normalized spacial score (nSPS) is 19.7. The summed E-state index contributed by atoms with van der Waals surface area (Å²) < 4.78 is 11.4. The van der Waals surface area contributed by atoms with Crippen LogP contribution in [-0.4, -0.2) is 30.4 Å². The molecule has 0 bridgehead atoms. The van der Waals surface area contributed by atoms with Gasteiger partial charge in [0.2, 0.25) is 0 Å². The maximum Gasteiger partial charge on any atom is 0.336 e. The number of hydrogen-bond donors (Lipinski definition) is 1. The first-order valence-corrected chi connectivity index (χ1v) is 5.73. The lowest BCUT2D eigenvalue weighted by Crippen LogP contribution is -2.15. The minimum Gasteiger partial charge on any atom is -0.488 e. The van der Waals surface area contributed by atoms with E-state index in [4.69, 9.17) is 14.6 Å². The van der Waals surface area contributed by atoms with Gasteiger partial charge in [-0.2, -0.15) is 0 Å². The van der Waals surface area contributed by atoms with Crippen molar-refractivity contribution in [3.05, 3.63) is 28.2 Å². The van der Waals surface area contributed by atoms with Crippen LogP contribution in [0.4, 0.5) is 0 Å². The van der Waals surface area contributed by atoms with Crippen LogP contribution in [0.5, 0.6) is 5.75 Å². The van der Waals surface area contributed by atoms with Crippen molar-refractivity contribution >= 4 is 21.9 Å². The number of carboxylic acids is 1. The maximum atomic E-state index is 10.8. The molecular formula is C11H11BrO4. The first-order valence-electron chi connectivity index (χ1n) is 4.94. The van der Waals surface area contributed by atoms with E-state index in [1.54, 1.807) is 12.1 Å². The molecule has 1 aliphatic heterocycles. The van der Waals surface area contributed by atoms with E-state index in [2.05, 4.69) is 15.9 Å². The Morgan fingerprint density at radius 3 is 2.94 bits per heavy atom. The zero-order valence-electron chi connectivity index (χ0n) is 8.48. The van der Waals surface area contributed by atoms with Gasteiger partial charge in [0.05, 0.1) is 18.8 Å². The summed E-state index contributed by atoms with van der Waals surface area (Å²) in [6.07, 6.45) is 0.945. The first-order chi connectivity index (χ1) is 7.66. The number of benzene rings is 1. The van der Waals surface area contributed by atoms with Crippen molar-refractivity contribution in [2.24, 2.45) is 0 Å². The van der Waals surface area contributed by atoms with E-state index in [0.29, 0.717) is 16.8 Å². The summed E-state index contributed by atoms with van der Waals surface area (Å²) >= 11 is 3.21. The van der Waals surface area contributed by atoms with Crippen LogP contribution in [0.15, 0.2) is 22.7 Å². The molecule has 1 aliphatic rings. The lowest BCUT2D eigenvalue weighted by molar-refractivity contribution is 0.0696. The largest absolute Gasteiger partial charge is 0.488 e. The Labute approximate surface area is 101 Å². The average molecular weight is 287 g/mol. The minimum atomic E-state index is -0.956. The summed E-state index contributed by atoms with van der Waals surface area (Å²) in [7, 11) is 0. The Bertz CT molecular complexity index is 399. The number of ether oxygens (including phenoxy) is 2. The third-order valence-corrected chi connectivity index (χ3v) is 3.02. The van der Waals surface area contributed by atoms with Gasteiger partial charge in [-0.1, -0.05) is 0 Å². The Hall–Kier alpha value is -1.07. The number of carboxylic acid groups (broad SMARTS) is 1. The fourth-order valence-electron chi connectivity index (χ4n) is 1.54. The predicted octanol–water partition coefficient (Wildman–Crippen LogP) is 2.32. The molecule has 1 aromatic rings. The molecule has 0 radical (unpaired) electrons. The van der Waals surface area contributed by atoms with Crippen molar-refractivity contribution < 1.29 is 19.4 Å². The second-order valence-electron chi connectivity index (χ2n) is 3.55. The number of halogens is 1. The van der Waals surface area contributed by atoms with Gasteiger partial charge in [0.25, 0.3) is 0 Å². The lowest BCUT2D eigenvalue weighted by Gasteiger charge is -2.12. The average Bonchev–Trinajstić information content (AvgIpc) is 2.70. The molecule has 4 nitrogen and oxygen atoms in total. The molecule has 1 saturated heterocycles. The highest BCUT2D eigenvalue weighted by Gasteiger charge is 2.18. The number of hydrogen-bond acceptors (Lipinski definition) is 3. The van der Waals surface area contributed by atoms with Crippen LogP contribution >= 0.6 is 15.9 Å². The van der Waals surface area contributed by atoms with Crippen LogP contribution < -0.4 is 4.74 Å². The van der Waals surface area contributed by atoms with Crippen LogP contribution in [0.3, 0.4) is 0 Å². The molecule has 0 aromatic heterocycles. The van der Waals surface area contributed by atoms with E-state index in [9.17, 15) is 4.79 Å². The van der Waals surface area contributed by atoms with Crippen LogP contribution in [0.2, 0.25) is 0 Å². The van der Waals surface area contributed by atoms with E-state index in [1.165, 1.54) is 6.07 Å². The maximum absolute atomic E-state index is 10.8. The summed E-state index contributed by atoms with van der Waals surface area (Å²) in [6, 6.07) is 4.85. The molecule has 0 amide bonds. The van der Waals surface area contributed by atoms with Gasteiger partial charge in [-0.25, -0.2) is 4.79 Å². The predicted molar refractivity (Wildman–Crippen MR) is 61.0 cm³/mol. The number of aromatic carboxylic acids is 1. The lowest BCUT2D eigenvalue weighted by atomic mass is 10.2. The highest BCUT2D eigenvalue weighted by atomic mass is 79.9. The quantitative estimate of drug-likeness (QED) is 0.927. The van der Waals surface area contributed by atoms with Crippen LogP contribution in [0.1, 0.15) is 16.8 Å². The second-order valence-corrected chi connectivity index (χ2v) is 4.40. The Kier molecular flexibility index (Phi) is 3.46. The first kappa shape index (κ1) is 11.4.